The molecule has 36 heavy (non-hydrogen) atoms. The van der Waals surface area contributed by atoms with Gasteiger partial charge in [0.05, 0.1) is 6.54 Å². The number of nitrogens with one attached hydrogen (secondary N) is 2. The average Bonchev–Trinajstić information content (AvgIpc) is 3.23. The lowest BCUT2D eigenvalue weighted by atomic mass is 10.2. The first-order valence-corrected chi connectivity index (χ1v) is 11.9. The second-order valence-corrected chi connectivity index (χ2v) is 8.89. The topological polar surface area (TPSA) is 127 Å². The summed E-state index contributed by atoms with van der Waals surface area (Å²) in [7, 11) is 1.50. The van der Waals surface area contributed by atoms with Crippen LogP contribution in [0.1, 0.15) is 11.1 Å². The molecule has 4 rings (SSSR count). The number of anilines is 1. The number of allylic oxidation sites excluding steroid dienone is 1. The zero-order valence-electron chi connectivity index (χ0n) is 19.7. The number of halogens is 1. The van der Waals surface area contributed by atoms with Crippen molar-refractivity contribution in [1.29, 1.82) is 0 Å². The summed E-state index contributed by atoms with van der Waals surface area (Å²) in [6.07, 6.45) is 2.31. The molecular formula is C25H25BrN6O4. The molecular weight excluding hydrogens is 528 g/mol. The van der Waals surface area contributed by atoms with Crippen LogP contribution in [0.4, 0.5) is 5.95 Å². The van der Waals surface area contributed by atoms with Crippen LogP contribution in [0.15, 0.2) is 75.4 Å². The molecule has 0 saturated carbocycles. The van der Waals surface area contributed by atoms with Crippen LogP contribution in [0, 0.1) is 6.92 Å². The molecule has 4 aromatic rings. The van der Waals surface area contributed by atoms with Gasteiger partial charge in [-0.1, -0.05) is 64.5 Å². The van der Waals surface area contributed by atoms with Crippen molar-refractivity contribution < 1.29 is 9.84 Å². The molecule has 0 radical (unpaired) electrons. The SMILES string of the molecule is Cc1ccccc1OCC(O)Cn1c(N/N=C\C=C(/Br)c2ccccc2)nc2c1c(=O)[nH]c(=O)n2C. The van der Waals surface area contributed by atoms with Gasteiger partial charge in [0, 0.05) is 17.7 Å². The Labute approximate surface area is 214 Å². The Morgan fingerprint density at radius 1 is 1.22 bits per heavy atom. The lowest BCUT2D eigenvalue weighted by Crippen LogP contribution is -2.30. The van der Waals surface area contributed by atoms with E-state index in [1.54, 1.807) is 6.08 Å². The third-order valence-electron chi connectivity index (χ3n) is 5.43. The summed E-state index contributed by atoms with van der Waals surface area (Å²) in [6, 6.07) is 17.2. The third-order valence-corrected chi connectivity index (χ3v) is 6.16. The number of aryl methyl sites for hydroxylation is 2. The van der Waals surface area contributed by atoms with E-state index >= 15 is 0 Å². The first kappa shape index (κ1) is 25.1. The van der Waals surface area contributed by atoms with E-state index in [4.69, 9.17) is 4.74 Å². The first-order valence-electron chi connectivity index (χ1n) is 11.1. The highest BCUT2D eigenvalue weighted by Crippen LogP contribution is 2.20. The molecule has 0 bridgehead atoms. The largest absolute Gasteiger partial charge is 0.491 e. The molecule has 186 valence electrons. The number of rotatable bonds is 9. The quantitative estimate of drug-likeness (QED) is 0.216. The molecule has 0 saturated heterocycles. The number of imidazole rings is 1. The third kappa shape index (κ3) is 5.64. The number of ether oxygens (including phenoxy) is 1. The van der Waals surface area contributed by atoms with Gasteiger partial charge in [-0.25, -0.2) is 10.2 Å². The molecule has 10 nitrogen and oxygen atoms in total. The predicted molar refractivity (Wildman–Crippen MR) is 144 cm³/mol. The maximum atomic E-state index is 12.6. The van der Waals surface area contributed by atoms with E-state index in [2.05, 4.69) is 36.4 Å². The van der Waals surface area contributed by atoms with Crippen LogP contribution in [-0.4, -0.2) is 43.1 Å². The van der Waals surface area contributed by atoms with Crippen molar-refractivity contribution in [2.75, 3.05) is 12.0 Å². The Balaban J connectivity index is 1.59. The molecule has 1 atom stereocenters. The normalized spacial score (nSPS) is 12.8. The summed E-state index contributed by atoms with van der Waals surface area (Å²) in [5, 5.41) is 14.9. The molecule has 1 unspecified atom stereocenters. The van der Waals surface area contributed by atoms with Crippen molar-refractivity contribution in [3.05, 3.63) is 92.6 Å². The fraction of sp³-hybridized carbons (Fsp3) is 0.200. The van der Waals surface area contributed by atoms with Crippen LogP contribution in [0.2, 0.25) is 0 Å². The number of nitrogens with zero attached hydrogens (tertiary/aromatic N) is 4. The molecule has 0 spiro atoms. The lowest BCUT2D eigenvalue weighted by Gasteiger charge is -2.16. The minimum Gasteiger partial charge on any atom is -0.491 e. The van der Waals surface area contributed by atoms with E-state index in [1.807, 2.05) is 61.5 Å². The fourth-order valence-electron chi connectivity index (χ4n) is 3.56. The molecule has 2 aromatic heterocycles. The van der Waals surface area contributed by atoms with Crippen LogP contribution in [0.3, 0.4) is 0 Å². The van der Waals surface area contributed by atoms with Crippen LogP contribution >= 0.6 is 15.9 Å². The molecule has 2 aromatic carbocycles. The highest BCUT2D eigenvalue weighted by Gasteiger charge is 2.20. The molecule has 0 amide bonds. The highest BCUT2D eigenvalue weighted by atomic mass is 79.9. The molecule has 3 N–H and O–H groups in total. The van der Waals surface area contributed by atoms with E-state index in [9.17, 15) is 14.7 Å². The Morgan fingerprint density at radius 2 is 1.94 bits per heavy atom. The summed E-state index contributed by atoms with van der Waals surface area (Å²) >= 11 is 3.51. The Bertz CT molecular complexity index is 1540. The molecule has 0 aliphatic carbocycles. The summed E-state index contributed by atoms with van der Waals surface area (Å²) in [4.78, 5) is 31.4. The van der Waals surface area contributed by atoms with Gasteiger partial charge >= 0.3 is 5.69 Å². The number of hydrogen-bond donors (Lipinski definition) is 3. The maximum absolute atomic E-state index is 12.6. The molecule has 0 aliphatic heterocycles. The van der Waals surface area contributed by atoms with Gasteiger partial charge in [-0.3, -0.25) is 14.3 Å². The van der Waals surface area contributed by atoms with Gasteiger partial charge in [-0.15, -0.1) is 0 Å². The second-order valence-electron chi connectivity index (χ2n) is 8.04. The van der Waals surface area contributed by atoms with Crippen molar-refractivity contribution in [3.8, 4) is 5.75 Å². The average molecular weight is 553 g/mol. The van der Waals surface area contributed by atoms with Crippen molar-refractivity contribution >= 4 is 43.7 Å². The van der Waals surface area contributed by atoms with Crippen LogP contribution in [-0.2, 0) is 13.6 Å². The standard InChI is InChI=1S/C25H25BrN6O4/c1-16-8-6-7-11-20(16)36-15-18(33)14-32-21-22(31(2)25(35)29-23(21)34)28-24(32)30-27-13-12-19(26)17-9-4-3-5-10-17/h3-13,18,33H,14-15H2,1-2H3,(H,28,30)(H,29,34,35)/b19-12-,27-13-. The van der Waals surface area contributed by atoms with Gasteiger partial charge < -0.3 is 14.4 Å². The smallest absolute Gasteiger partial charge is 0.329 e. The number of para-hydroxylation sites is 1. The number of benzene rings is 2. The number of H-pyrrole nitrogens is 1. The van der Waals surface area contributed by atoms with Gasteiger partial charge in [0.2, 0.25) is 5.95 Å². The van der Waals surface area contributed by atoms with Gasteiger partial charge in [-0.05, 0) is 30.2 Å². The number of aromatic amines is 1. The minimum atomic E-state index is -0.977. The second kappa shape index (κ2) is 11.2. The number of hydrogen-bond acceptors (Lipinski definition) is 7. The Morgan fingerprint density at radius 3 is 2.69 bits per heavy atom. The van der Waals surface area contributed by atoms with Crippen molar-refractivity contribution in [2.24, 2.45) is 12.1 Å². The van der Waals surface area contributed by atoms with Gasteiger partial charge in [-0.2, -0.15) is 10.1 Å². The lowest BCUT2D eigenvalue weighted by molar-refractivity contribution is 0.0935. The van der Waals surface area contributed by atoms with E-state index in [1.165, 1.54) is 22.4 Å². The van der Waals surface area contributed by atoms with Crippen LogP contribution < -0.4 is 21.4 Å². The fourth-order valence-corrected chi connectivity index (χ4v) is 3.94. The summed E-state index contributed by atoms with van der Waals surface area (Å²) in [6.45, 7) is 1.88. The summed E-state index contributed by atoms with van der Waals surface area (Å²) in [5.74, 6) is 0.845. The summed E-state index contributed by atoms with van der Waals surface area (Å²) < 4.78 is 9.28. The van der Waals surface area contributed by atoms with Gasteiger partial charge in [0.1, 0.15) is 18.5 Å². The molecule has 2 heterocycles. The van der Waals surface area contributed by atoms with Crippen molar-refractivity contribution in [2.45, 2.75) is 19.6 Å². The van der Waals surface area contributed by atoms with E-state index in [0.717, 1.165) is 15.6 Å². The molecule has 0 fully saturated rings. The molecule has 0 aliphatic rings. The van der Waals surface area contributed by atoms with E-state index in [0.29, 0.717) is 5.75 Å². The van der Waals surface area contributed by atoms with Crippen molar-refractivity contribution in [3.63, 3.8) is 0 Å². The predicted octanol–water partition coefficient (Wildman–Crippen LogP) is 3.01. The van der Waals surface area contributed by atoms with E-state index < -0.39 is 17.4 Å². The number of aromatic nitrogens is 4. The van der Waals surface area contributed by atoms with Gasteiger partial charge in [0.15, 0.2) is 11.2 Å². The maximum Gasteiger partial charge on any atom is 0.329 e. The minimum absolute atomic E-state index is 0.0103. The Kier molecular flexibility index (Phi) is 7.81. The van der Waals surface area contributed by atoms with Crippen LogP contribution in [0.5, 0.6) is 5.75 Å². The van der Waals surface area contributed by atoms with Crippen molar-refractivity contribution in [1.82, 2.24) is 19.1 Å². The number of aliphatic hydroxyl groups excluding tert-OH is 1. The Hall–Kier alpha value is -3.96. The monoisotopic (exact) mass is 552 g/mol. The summed E-state index contributed by atoms with van der Waals surface area (Å²) in [5.41, 5.74) is 3.81. The zero-order valence-corrected chi connectivity index (χ0v) is 21.3. The van der Waals surface area contributed by atoms with Crippen LogP contribution in [0.25, 0.3) is 15.6 Å². The van der Waals surface area contributed by atoms with E-state index in [-0.39, 0.29) is 30.3 Å². The zero-order chi connectivity index (χ0) is 25.7. The molecule has 11 heteroatoms. The highest BCUT2D eigenvalue weighted by molar-refractivity contribution is 9.15. The number of aliphatic hydroxyl groups is 1. The number of fused-ring (bicyclic) bond motifs is 1. The first-order chi connectivity index (χ1) is 17.3. The van der Waals surface area contributed by atoms with Gasteiger partial charge in [0.25, 0.3) is 5.56 Å². The number of hydrazone groups is 1.